The van der Waals surface area contributed by atoms with E-state index in [1.54, 1.807) is 6.92 Å². The summed E-state index contributed by atoms with van der Waals surface area (Å²) in [5.41, 5.74) is -0.678. The Morgan fingerprint density at radius 2 is 2.00 bits per heavy atom. The Morgan fingerprint density at radius 1 is 1.44 bits per heavy atom. The van der Waals surface area contributed by atoms with Crippen molar-refractivity contribution >= 4 is 5.91 Å². The molecule has 2 fully saturated rings. The van der Waals surface area contributed by atoms with Crippen molar-refractivity contribution in [1.29, 1.82) is 5.26 Å². The van der Waals surface area contributed by atoms with Gasteiger partial charge in [-0.3, -0.25) is 4.79 Å². The maximum Gasteiger partial charge on any atom is 0.224 e. The molecule has 88 valence electrons. The summed E-state index contributed by atoms with van der Waals surface area (Å²) in [5, 5.41) is 11.9. The lowest BCUT2D eigenvalue weighted by Crippen LogP contribution is -2.45. The molecule has 1 amide bonds. The summed E-state index contributed by atoms with van der Waals surface area (Å²) < 4.78 is 0. The Kier molecular flexibility index (Phi) is 2.92. The van der Waals surface area contributed by atoms with Crippen molar-refractivity contribution < 1.29 is 4.79 Å². The lowest BCUT2D eigenvalue weighted by atomic mass is 10.0. The van der Waals surface area contributed by atoms with E-state index in [9.17, 15) is 4.79 Å². The van der Waals surface area contributed by atoms with Crippen molar-refractivity contribution in [2.45, 2.75) is 51.5 Å². The first-order chi connectivity index (χ1) is 7.61. The molecular formula is C13H20N2O. The van der Waals surface area contributed by atoms with Crippen molar-refractivity contribution in [3.8, 4) is 6.07 Å². The summed E-state index contributed by atoms with van der Waals surface area (Å²) in [6.45, 7) is 3.74. The first-order valence-electron chi connectivity index (χ1n) is 6.34. The largest absolute Gasteiger partial charge is 0.338 e. The van der Waals surface area contributed by atoms with Gasteiger partial charge < -0.3 is 5.32 Å². The lowest BCUT2D eigenvalue weighted by molar-refractivity contribution is -0.124. The molecule has 3 heteroatoms. The van der Waals surface area contributed by atoms with Crippen molar-refractivity contribution in [3.05, 3.63) is 0 Å². The number of hydrogen-bond acceptors (Lipinski definition) is 2. The fourth-order valence-electron chi connectivity index (χ4n) is 2.93. The van der Waals surface area contributed by atoms with E-state index in [1.165, 1.54) is 25.7 Å². The van der Waals surface area contributed by atoms with Gasteiger partial charge in [0.1, 0.15) is 5.54 Å². The van der Waals surface area contributed by atoms with E-state index in [0.717, 1.165) is 0 Å². The first-order valence-corrected chi connectivity index (χ1v) is 6.34. The Balaban J connectivity index is 1.93. The van der Waals surface area contributed by atoms with Crippen LogP contribution in [0.3, 0.4) is 0 Å². The second-order valence-corrected chi connectivity index (χ2v) is 5.42. The number of amides is 1. The SMILES string of the molecule is CCC(C)(C#N)NC(=O)C1C2CCCCC21. The topological polar surface area (TPSA) is 52.9 Å². The van der Waals surface area contributed by atoms with E-state index >= 15 is 0 Å². The third kappa shape index (κ3) is 1.93. The van der Waals surface area contributed by atoms with E-state index < -0.39 is 5.54 Å². The van der Waals surface area contributed by atoms with Crippen molar-refractivity contribution in [1.82, 2.24) is 5.32 Å². The molecule has 0 radical (unpaired) electrons. The van der Waals surface area contributed by atoms with Crippen molar-refractivity contribution in [3.63, 3.8) is 0 Å². The van der Waals surface area contributed by atoms with E-state index in [1.807, 2.05) is 6.92 Å². The summed E-state index contributed by atoms with van der Waals surface area (Å²) >= 11 is 0. The number of nitrogens with zero attached hydrogens (tertiary/aromatic N) is 1. The molecule has 3 unspecified atom stereocenters. The molecule has 0 aromatic carbocycles. The molecule has 2 rings (SSSR count). The van der Waals surface area contributed by atoms with Gasteiger partial charge in [-0.2, -0.15) is 5.26 Å². The van der Waals surface area contributed by atoms with E-state index in [4.69, 9.17) is 5.26 Å². The first kappa shape index (κ1) is 11.4. The minimum atomic E-state index is -0.678. The van der Waals surface area contributed by atoms with Gasteiger partial charge in [0.2, 0.25) is 5.91 Å². The van der Waals surface area contributed by atoms with E-state index in [-0.39, 0.29) is 11.8 Å². The predicted octanol–water partition coefficient (Wildman–Crippen LogP) is 2.23. The van der Waals surface area contributed by atoms with Gasteiger partial charge >= 0.3 is 0 Å². The number of carbonyl (C=O) groups excluding carboxylic acids is 1. The van der Waals surface area contributed by atoms with Crippen LogP contribution in [-0.4, -0.2) is 11.4 Å². The number of carbonyl (C=O) groups is 1. The molecule has 3 atom stereocenters. The molecule has 0 aromatic rings. The third-order valence-electron chi connectivity index (χ3n) is 4.31. The van der Waals surface area contributed by atoms with Gasteiger partial charge in [-0.15, -0.1) is 0 Å². The molecule has 3 nitrogen and oxygen atoms in total. The molecule has 0 aliphatic heterocycles. The highest BCUT2D eigenvalue weighted by Crippen LogP contribution is 2.55. The standard InChI is InChI=1S/C13H20N2O/c1-3-13(2,8-14)15-12(16)11-9-6-4-5-7-10(9)11/h9-11H,3-7H2,1-2H3,(H,15,16). The molecule has 1 N–H and O–H groups in total. The monoisotopic (exact) mass is 220 g/mol. The van der Waals surface area contributed by atoms with Gasteiger partial charge in [0.15, 0.2) is 0 Å². The molecule has 0 saturated heterocycles. The second kappa shape index (κ2) is 4.08. The maximum atomic E-state index is 12.0. The normalized spacial score (nSPS) is 35.4. The van der Waals surface area contributed by atoms with Gasteiger partial charge in [-0.1, -0.05) is 19.8 Å². The summed E-state index contributed by atoms with van der Waals surface area (Å²) in [6.07, 6.45) is 5.62. The number of fused-ring (bicyclic) bond motifs is 1. The Labute approximate surface area is 97.2 Å². The number of rotatable bonds is 3. The predicted molar refractivity (Wildman–Crippen MR) is 61.4 cm³/mol. The quantitative estimate of drug-likeness (QED) is 0.793. The average molecular weight is 220 g/mol. The third-order valence-corrected chi connectivity index (χ3v) is 4.31. The smallest absolute Gasteiger partial charge is 0.224 e. The number of nitrogens with one attached hydrogen (secondary N) is 1. The molecule has 2 aliphatic carbocycles. The van der Waals surface area contributed by atoms with Crippen LogP contribution in [0.2, 0.25) is 0 Å². The van der Waals surface area contributed by atoms with Crippen molar-refractivity contribution in [2.24, 2.45) is 17.8 Å². The van der Waals surface area contributed by atoms with Crippen molar-refractivity contribution in [2.75, 3.05) is 0 Å². The highest BCUT2D eigenvalue weighted by Gasteiger charge is 2.55. The Morgan fingerprint density at radius 3 is 2.44 bits per heavy atom. The molecule has 2 saturated carbocycles. The van der Waals surface area contributed by atoms with Gasteiger partial charge in [0.25, 0.3) is 0 Å². The fraction of sp³-hybridized carbons (Fsp3) is 0.846. The van der Waals surface area contributed by atoms with Gasteiger partial charge in [-0.05, 0) is 38.0 Å². The van der Waals surface area contributed by atoms with Gasteiger partial charge in [-0.25, -0.2) is 0 Å². The zero-order chi connectivity index (χ0) is 11.8. The van der Waals surface area contributed by atoms with Gasteiger partial charge in [0, 0.05) is 5.92 Å². The van der Waals surface area contributed by atoms with Crippen LogP contribution in [0.1, 0.15) is 46.0 Å². The second-order valence-electron chi connectivity index (χ2n) is 5.42. The average Bonchev–Trinajstić information content (AvgIpc) is 3.03. The number of hydrogen-bond donors (Lipinski definition) is 1. The minimum absolute atomic E-state index is 0.114. The van der Waals surface area contributed by atoms with Crippen LogP contribution in [0.15, 0.2) is 0 Å². The summed E-state index contributed by atoms with van der Waals surface area (Å²) in [5.74, 6) is 1.56. The maximum absolute atomic E-state index is 12.0. The van der Waals surface area contributed by atoms with Gasteiger partial charge in [0.05, 0.1) is 6.07 Å². The molecule has 0 heterocycles. The summed E-state index contributed by atoms with van der Waals surface area (Å²) in [7, 11) is 0. The van der Waals surface area contributed by atoms with Crippen LogP contribution in [0.25, 0.3) is 0 Å². The summed E-state index contributed by atoms with van der Waals surface area (Å²) in [6, 6.07) is 2.19. The lowest BCUT2D eigenvalue weighted by Gasteiger charge is -2.21. The van der Waals surface area contributed by atoms with Crippen LogP contribution in [0.5, 0.6) is 0 Å². The Bertz CT molecular complexity index is 321. The van der Waals surface area contributed by atoms with E-state index in [0.29, 0.717) is 18.3 Å². The molecule has 2 aliphatic rings. The highest BCUT2D eigenvalue weighted by molar-refractivity contribution is 5.83. The summed E-state index contributed by atoms with van der Waals surface area (Å²) in [4.78, 5) is 12.0. The van der Waals surface area contributed by atoms with Crippen LogP contribution < -0.4 is 5.32 Å². The van der Waals surface area contributed by atoms with Crippen LogP contribution in [0.4, 0.5) is 0 Å². The van der Waals surface area contributed by atoms with Crippen LogP contribution in [-0.2, 0) is 4.79 Å². The molecule has 0 bridgehead atoms. The highest BCUT2D eigenvalue weighted by atomic mass is 16.2. The minimum Gasteiger partial charge on any atom is -0.338 e. The molecule has 16 heavy (non-hydrogen) atoms. The van der Waals surface area contributed by atoms with Crippen LogP contribution in [0, 0.1) is 29.1 Å². The molecule has 0 spiro atoms. The Hall–Kier alpha value is -1.04. The number of nitriles is 1. The molecule has 0 aromatic heterocycles. The van der Waals surface area contributed by atoms with E-state index in [2.05, 4.69) is 11.4 Å². The zero-order valence-corrected chi connectivity index (χ0v) is 10.1. The van der Waals surface area contributed by atoms with Crippen LogP contribution >= 0.6 is 0 Å². The molecular weight excluding hydrogens is 200 g/mol. The zero-order valence-electron chi connectivity index (χ0n) is 10.1. The fourth-order valence-corrected chi connectivity index (χ4v) is 2.93.